The van der Waals surface area contributed by atoms with Crippen molar-refractivity contribution in [3.63, 3.8) is 0 Å². The molecule has 3 nitrogen and oxygen atoms in total. The zero-order chi connectivity index (χ0) is 15.4. The first kappa shape index (κ1) is 15.1. The largest absolute Gasteiger partial charge is 0.497 e. The van der Waals surface area contributed by atoms with Crippen LogP contribution in [-0.4, -0.2) is 18.2 Å². The molecule has 1 unspecified atom stereocenters. The molecule has 0 spiro atoms. The number of hydrogen-bond acceptors (Lipinski definition) is 2. The van der Waals surface area contributed by atoms with Crippen molar-refractivity contribution >= 4 is 5.97 Å². The molecule has 3 heteroatoms. The first-order chi connectivity index (χ1) is 10.1. The molecule has 0 saturated heterocycles. The van der Waals surface area contributed by atoms with Crippen LogP contribution in [0, 0.1) is 0 Å². The summed E-state index contributed by atoms with van der Waals surface area (Å²) in [5.41, 5.74) is 3.14. The van der Waals surface area contributed by atoms with E-state index in [1.165, 1.54) is 12.7 Å². The third kappa shape index (κ3) is 3.24. The number of benzene rings is 2. The highest BCUT2D eigenvalue weighted by atomic mass is 16.5. The van der Waals surface area contributed by atoms with Gasteiger partial charge < -0.3 is 9.84 Å². The molecule has 2 rings (SSSR count). The number of carbonyl (C=O) groups is 1. The number of aromatic carboxylic acids is 1. The maximum Gasteiger partial charge on any atom is 0.336 e. The maximum atomic E-state index is 11.4. The predicted molar refractivity (Wildman–Crippen MR) is 84.1 cm³/mol. The molecule has 0 aliphatic rings. The van der Waals surface area contributed by atoms with E-state index in [9.17, 15) is 9.90 Å². The number of rotatable bonds is 5. The van der Waals surface area contributed by atoms with Crippen LogP contribution in [0.2, 0.25) is 0 Å². The second-order valence-electron chi connectivity index (χ2n) is 5.15. The fourth-order valence-electron chi connectivity index (χ4n) is 2.31. The van der Waals surface area contributed by atoms with Crippen molar-refractivity contribution in [2.24, 2.45) is 0 Å². The standard InChI is InChI=1S/C18H20O3/c1-4-12(2)13-5-7-14(8-6-13)16-10-9-15(21-3)11-17(16)18(19)20/h5-12H,4H2,1-3H3,(H,19,20). The van der Waals surface area contributed by atoms with Crippen LogP contribution in [-0.2, 0) is 0 Å². The van der Waals surface area contributed by atoms with Gasteiger partial charge in [-0.1, -0.05) is 38.1 Å². The van der Waals surface area contributed by atoms with E-state index in [1.54, 1.807) is 18.2 Å². The lowest BCUT2D eigenvalue weighted by atomic mass is 9.94. The number of hydrogen-bond donors (Lipinski definition) is 1. The van der Waals surface area contributed by atoms with Crippen molar-refractivity contribution in [1.29, 1.82) is 0 Å². The normalized spacial score (nSPS) is 12.0. The Morgan fingerprint density at radius 1 is 1.19 bits per heavy atom. The molecule has 110 valence electrons. The highest BCUT2D eigenvalue weighted by Crippen LogP contribution is 2.29. The molecule has 0 heterocycles. The van der Waals surface area contributed by atoms with Gasteiger partial charge in [0.25, 0.3) is 0 Å². The van der Waals surface area contributed by atoms with Crippen LogP contribution < -0.4 is 4.74 Å². The third-order valence-corrected chi connectivity index (χ3v) is 3.86. The Bertz CT molecular complexity index is 629. The molecule has 0 aliphatic heterocycles. The van der Waals surface area contributed by atoms with Crippen LogP contribution >= 0.6 is 0 Å². The Morgan fingerprint density at radius 2 is 1.86 bits per heavy atom. The number of carboxylic acid groups (broad SMARTS) is 1. The Kier molecular flexibility index (Phi) is 4.63. The van der Waals surface area contributed by atoms with E-state index >= 15 is 0 Å². The van der Waals surface area contributed by atoms with Crippen molar-refractivity contribution < 1.29 is 14.6 Å². The molecule has 0 saturated carbocycles. The van der Waals surface area contributed by atoms with Gasteiger partial charge in [0.2, 0.25) is 0 Å². The minimum atomic E-state index is -0.949. The first-order valence-electron chi connectivity index (χ1n) is 7.08. The Balaban J connectivity index is 2.44. The molecule has 2 aromatic rings. The van der Waals surface area contributed by atoms with Crippen LogP contribution in [0.25, 0.3) is 11.1 Å². The van der Waals surface area contributed by atoms with Crippen molar-refractivity contribution in [3.8, 4) is 16.9 Å². The van der Waals surface area contributed by atoms with Crippen LogP contribution in [0.5, 0.6) is 5.75 Å². The summed E-state index contributed by atoms with van der Waals surface area (Å²) in [6.07, 6.45) is 1.09. The fourth-order valence-corrected chi connectivity index (χ4v) is 2.31. The second-order valence-corrected chi connectivity index (χ2v) is 5.15. The summed E-state index contributed by atoms with van der Waals surface area (Å²) in [6, 6.07) is 13.2. The van der Waals surface area contributed by atoms with Crippen LogP contribution in [0.3, 0.4) is 0 Å². The lowest BCUT2D eigenvalue weighted by Gasteiger charge is -2.12. The van der Waals surface area contributed by atoms with Crippen molar-refractivity contribution in [3.05, 3.63) is 53.6 Å². The van der Waals surface area contributed by atoms with Gasteiger partial charge in [0.15, 0.2) is 0 Å². The van der Waals surface area contributed by atoms with Crippen molar-refractivity contribution in [2.45, 2.75) is 26.2 Å². The molecule has 0 bridgehead atoms. The van der Waals surface area contributed by atoms with Crippen molar-refractivity contribution in [1.82, 2.24) is 0 Å². The topological polar surface area (TPSA) is 46.5 Å². The van der Waals surface area contributed by atoms with Gasteiger partial charge in [0.1, 0.15) is 5.75 Å². The van der Waals surface area contributed by atoms with Gasteiger partial charge in [-0.15, -0.1) is 0 Å². The molecule has 0 aromatic heterocycles. The van der Waals surface area contributed by atoms with Crippen LogP contribution in [0.1, 0.15) is 42.1 Å². The van der Waals surface area contributed by atoms with E-state index in [0.717, 1.165) is 12.0 Å². The Hall–Kier alpha value is -2.29. The summed E-state index contributed by atoms with van der Waals surface area (Å²) in [4.78, 5) is 11.4. The molecule has 0 fully saturated rings. The number of carboxylic acids is 1. The average molecular weight is 284 g/mol. The molecule has 0 amide bonds. The number of ether oxygens (including phenoxy) is 1. The number of methoxy groups -OCH3 is 1. The minimum absolute atomic E-state index is 0.255. The van der Waals surface area contributed by atoms with Gasteiger partial charge in [-0.25, -0.2) is 4.79 Å². The molecule has 2 aromatic carbocycles. The van der Waals surface area contributed by atoms with E-state index in [4.69, 9.17) is 4.74 Å². The van der Waals surface area contributed by atoms with E-state index in [-0.39, 0.29) is 5.56 Å². The predicted octanol–water partition coefficient (Wildman–Crippen LogP) is 4.57. The summed E-state index contributed by atoms with van der Waals surface area (Å²) >= 11 is 0. The molecular formula is C18H20O3. The average Bonchev–Trinajstić information content (AvgIpc) is 2.53. The lowest BCUT2D eigenvalue weighted by molar-refractivity contribution is 0.0697. The van der Waals surface area contributed by atoms with Crippen LogP contribution in [0.15, 0.2) is 42.5 Å². The minimum Gasteiger partial charge on any atom is -0.497 e. The summed E-state index contributed by atoms with van der Waals surface area (Å²) in [5.74, 6) is 0.108. The zero-order valence-corrected chi connectivity index (χ0v) is 12.6. The third-order valence-electron chi connectivity index (χ3n) is 3.86. The highest BCUT2D eigenvalue weighted by Gasteiger charge is 2.13. The Morgan fingerprint density at radius 3 is 2.38 bits per heavy atom. The van der Waals surface area contributed by atoms with E-state index in [2.05, 4.69) is 26.0 Å². The van der Waals surface area contributed by atoms with Gasteiger partial charge in [0, 0.05) is 0 Å². The Labute approximate surface area is 125 Å². The molecule has 1 N–H and O–H groups in total. The maximum absolute atomic E-state index is 11.4. The zero-order valence-electron chi connectivity index (χ0n) is 12.6. The molecule has 0 radical (unpaired) electrons. The van der Waals surface area contributed by atoms with Gasteiger partial charge in [0.05, 0.1) is 12.7 Å². The monoisotopic (exact) mass is 284 g/mol. The molecular weight excluding hydrogens is 264 g/mol. The van der Waals surface area contributed by atoms with Gasteiger partial charge in [-0.3, -0.25) is 0 Å². The summed E-state index contributed by atoms with van der Waals surface area (Å²) in [7, 11) is 1.53. The molecule has 0 aliphatic carbocycles. The molecule has 21 heavy (non-hydrogen) atoms. The first-order valence-corrected chi connectivity index (χ1v) is 7.08. The van der Waals surface area contributed by atoms with Crippen LogP contribution in [0.4, 0.5) is 0 Å². The quantitative estimate of drug-likeness (QED) is 0.874. The van der Waals surface area contributed by atoms with E-state index in [0.29, 0.717) is 17.2 Å². The van der Waals surface area contributed by atoms with Crippen molar-refractivity contribution in [2.75, 3.05) is 7.11 Å². The summed E-state index contributed by atoms with van der Waals surface area (Å²) < 4.78 is 5.10. The van der Waals surface area contributed by atoms with Gasteiger partial charge in [-0.2, -0.15) is 0 Å². The van der Waals surface area contributed by atoms with Gasteiger partial charge in [-0.05, 0) is 47.2 Å². The molecule has 1 atom stereocenters. The van der Waals surface area contributed by atoms with E-state index in [1.807, 2.05) is 12.1 Å². The van der Waals surface area contributed by atoms with E-state index < -0.39 is 5.97 Å². The highest BCUT2D eigenvalue weighted by molar-refractivity contribution is 5.96. The summed E-state index contributed by atoms with van der Waals surface area (Å²) in [5, 5.41) is 9.37. The smallest absolute Gasteiger partial charge is 0.336 e. The fraction of sp³-hybridized carbons (Fsp3) is 0.278. The summed E-state index contributed by atoms with van der Waals surface area (Å²) in [6.45, 7) is 4.34. The lowest BCUT2D eigenvalue weighted by Crippen LogP contribution is -2.00. The SMILES string of the molecule is CCC(C)c1ccc(-c2ccc(OC)cc2C(=O)O)cc1. The van der Waals surface area contributed by atoms with Gasteiger partial charge >= 0.3 is 5.97 Å². The second kappa shape index (κ2) is 6.44.